The molecule has 1 aliphatic rings. The minimum atomic E-state index is -1.88. The number of hydrogen-bond donors (Lipinski definition) is 1. The molecule has 150 valence electrons. The van der Waals surface area contributed by atoms with E-state index < -0.39 is 35.7 Å². The third-order valence-electron chi connectivity index (χ3n) is 4.39. The lowest BCUT2D eigenvalue weighted by atomic mass is 9.90. The number of esters is 1. The van der Waals surface area contributed by atoms with Crippen LogP contribution in [0.4, 0.5) is 10.1 Å². The summed E-state index contributed by atoms with van der Waals surface area (Å²) in [7, 11) is 1.20. The average molecular weight is 399 g/mol. The van der Waals surface area contributed by atoms with Gasteiger partial charge in [0.2, 0.25) is 5.60 Å². The molecule has 1 N–H and O–H groups in total. The predicted molar refractivity (Wildman–Crippen MR) is 97.4 cm³/mol. The van der Waals surface area contributed by atoms with Crippen LogP contribution in [0.1, 0.15) is 28.8 Å². The van der Waals surface area contributed by atoms with E-state index in [9.17, 15) is 23.9 Å². The number of halogens is 1. The highest BCUT2D eigenvalue weighted by molar-refractivity contribution is 6.10. The maximum absolute atomic E-state index is 13.1. The summed E-state index contributed by atoms with van der Waals surface area (Å²) in [5, 5.41) is 17.6. The highest BCUT2D eigenvalue weighted by Gasteiger charge is 2.47. The van der Waals surface area contributed by atoms with E-state index in [4.69, 9.17) is 4.84 Å². The summed E-state index contributed by atoms with van der Waals surface area (Å²) in [6.07, 6.45) is -0.952. The Kier molecular flexibility index (Phi) is 5.58. The van der Waals surface area contributed by atoms with E-state index in [0.717, 1.165) is 0 Å². The molecule has 1 atom stereocenters. The van der Waals surface area contributed by atoms with Crippen LogP contribution in [-0.2, 0) is 19.2 Å². The normalized spacial score (nSPS) is 17.8. The first-order valence-corrected chi connectivity index (χ1v) is 8.54. The summed E-state index contributed by atoms with van der Waals surface area (Å²) in [6, 6.07) is 11.4. The number of amides is 1. The fourth-order valence-corrected chi connectivity index (χ4v) is 2.92. The largest absolute Gasteiger partial charge is 0.550 e. The zero-order chi connectivity index (χ0) is 21.0. The van der Waals surface area contributed by atoms with Crippen LogP contribution in [0.15, 0.2) is 53.7 Å². The number of nitrogens with zero attached hydrogens (tertiary/aromatic N) is 1. The van der Waals surface area contributed by atoms with Gasteiger partial charge in [0.1, 0.15) is 5.82 Å². The smallest absolute Gasteiger partial charge is 0.339 e. The number of hydrogen-bond acceptors (Lipinski definition) is 7. The van der Waals surface area contributed by atoms with E-state index in [1.54, 1.807) is 12.1 Å². The van der Waals surface area contributed by atoms with Crippen molar-refractivity contribution in [3.8, 4) is 0 Å². The molecule has 0 unspecified atom stereocenters. The van der Waals surface area contributed by atoms with Crippen LogP contribution in [-0.4, -0.2) is 36.3 Å². The summed E-state index contributed by atoms with van der Waals surface area (Å²) in [4.78, 5) is 41.4. The van der Waals surface area contributed by atoms with Gasteiger partial charge in [0.15, 0.2) is 0 Å². The summed E-state index contributed by atoms with van der Waals surface area (Å²) < 4.78 is 17.8. The Bertz CT molecular complexity index is 989. The lowest BCUT2D eigenvalue weighted by Crippen LogP contribution is -2.47. The number of anilines is 1. The summed E-state index contributed by atoms with van der Waals surface area (Å²) in [6.45, 7) is 0. The number of carboxylic acids is 1. The lowest BCUT2D eigenvalue weighted by molar-refractivity contribution is -0.309. The molecular formula is C20H16FN2O6-. The molecule has 0 aromatic heterocycles. The predicted octanol–water partition coefficient (Wildman–Crippen LogP) is 1.25. The molecule has 29 heavy (non-hydrogen) atoms. The van der Waals surface area contributed by atoms with Crippen molar-refractivity contribution in [3.63, 3.8) is 0 Å². The molecule has 2 aromatic rings. The van der Waals surface area contributed by atoms with Crippen LogP contribution >= 0.6 is 0 Å². The molecule has 0 radical (unpaired) electrons. The first kappa shape index (κ1) is 20.0. The molecule has 1 amide bonds. The lowest BCUT2D eigenvalue weighted by Gasteiger charge is -2.26. The summed E-state index contributed by atoms with van der Waals surface area (Å²) >= 11 is 0. The molecule has 0 aliphatic carbocycles. The number of benzene rings is 2. The number of rotatable bonds is 6. The molecule has 1 heterocycles. The standard InChI is InChI=1S/C20H17FN2O6/c1-28-18(26)14-4-2-3-5-15(14)22-19(27)20(11-17(24)25)10-16(23-29-20)12-6-8-13(21)9-7-12/h2-9H,10-11H2,1H3,(H,22,27)(H,24,25)/p-1/t20-/m0/s1. The molecule has 3 rings (SSSR count). The quantitative estimate of drug-likeness (QED) is 0.731. The summed E-state index contributed by atoms with van der Waals surface area (Å²) in [5.41, 5.74) is -0.909. The van der Waals surface area contributed by atoms with Gasteiger partial charge in [-0.15, -0.1) is 0 Å². The third-order valence-corrected chi connectivity index (χ3v) is 4.39. The van der Waals surface area contributed by atoms with Gasteiger partial charge in [-0.05, 0) is 29.8 Å². The monoisotopic (exact) mass is 399 g/mol. The number of methoxy groups -OCH3 is 1. The number of carbonyl (C=O) groups excluding carboxylic acids is 3. The second-order valence-corrected chi connectivity index (χ2v) is 6.35. The van der Waals surface area contributed by atoms with E-state index in [1.165, 1.54) is 43.5 Å². The van der Waals surface area contributed by atoms with E-state index in [0.29, 0.717) is 5.56 Å². The zero-order valence-corrected chi connectivity index (χ0v) is 15.3. The van der Waals surface area contributed by atoms with Crippen molar-refractivity contribution in [2.24, 2.45) is 5.16 Å². The molecule has 8 nitrogen and oxygen atoms in total. The van der Waals surface area contributed by atoms with Crippen LogP contribution in [0, 0.1) is 5.82 Å². The van der Waals surface area contributed by atoms with Crippen LogP contribution < -0.4 is 10.4 Å². The van der Waals surface area contributed by atoms with Crippen molar-refractivity contribution < 1.29 is 33.5 Å². The van der Waals surface area contributed by atoms with Gasteiger partial charge in [-0.2, -0.15) is 0 Å². The fraction of sp³-hybridized carbons (Fsp3) is 0.200. The average Bonchev–Trinajstić information content (AvgIpc) is 3.13. The van der Waals surface area contributed by atoms with Gasteiger partial charge >= 0.3 is 5.97 Å². The molecule has 0 fully saturated rings. The minimum absolute atomic E-state index is 0.0876. The minimum Gasteiger partial charge on any atom is -0.550 e. The van der Waals surface area contributed by atoms with Crippen LogP contribution in [0.25, 0.3) is 0 Å². The Balaban J connectivity index is 1.87. The number of carboxylic acid groups (broad SMARTS) is 1. The number of aliphatic carboxylic acids is 1. The van der Waals surface area contributed by atoms with Gasteiger partial charge < -0.3 is 24.8 Å². The van der Waals surface area contributed by atoms with Crippen molar-refractivity contribution in [1.82, 2.24) is 0 Å². The number of nitrogens with one attached hydrogen (secondary N) is 1. The Morgan fingerprint density at radius 1 is 1.21 bits per heavy atom. The molecule has 0 saturated carbocycles. The summed E-state index contributed by atoms with van der Waals surface area (Å²) in [5.74, 6) is -3.47. The number of ether oxygens (including phenoxy) is 1. The van der Waals surface area contributed by atoms with Gasteiger partial charge in [-0.1, -0.05) is 29.4 Å². The van der Waals surface area contributed by atoms with E-state index in [1.807, 2.05) is 0 Å². The van der Waals surface area contributed by atoms with Gasteiger partial charge in [0.25, 0.3) is 5.91 Å². The van der Waals surface area contributed by atoms with E-state index in [2.05, 4.69) is 15.2 Å². The van der Waals surface area contributed by atoms with E-state index >= 15 is 0 Å². The second kappa shape index (κ2) is 8.09. The van der Waals surface area contributed by atoms with Gasteiger partial charge in [0.05, 0.1) is 24.1 Å². The van der Waals surface area contributed by atoms with Gasteiger partial charge in [0, 0.05) is 18.8 Å². The highest BCUT2D eigenvalue weighted by Crippen LogP contribution is 2.32. The van der Waals surface area contributed by atoms with Crippen molar-refractivity contribution in [2.75, 3.05) is 12.4 Å². The third kappa shape index (κ3) is 4.23. The SMILES string of the molecule is COC(=O)c1ccccc1NC(=O)[C@@]1(CC(=O)[O-])CC(c2ccc(F)cc2)=NO1. The molecule has 0 spiro atoms. The topological polar surface area (TPSA) is 117 Å². The van der Waals surface area contributed by atoms with Crippen molar-refractivity contribution >= 4 is 29.2 Å². The molecule has 2 aromatic carbocycles. The molecule has 9 heteroatoms. The van der Waals surface area contributed by atoms with Gasteiger partial charge in [-0.25, -0.2) is 9.18 Å². The number of carbonyl (C=O) groups is 3. The first-order valence-electron chi connectivity index (χ1n) is 8.54. The van der Waals surface area contributed by atoms with Crippen LogP contribution in [0.5, 0.6) is 0 Å². The Labute approximate surface area is 164 Å². The molecule has 0 saturated heterocycles. The number of para-hydroxylation sites is 1. The fourth-order valence-electron chi connectivity index (χ4n) is 2.92. The number of oxime groups is 1. The van der Waals surface area contributed by atoms with E-state index in [-0.39, 0.29) is 23.4 Å². The molecule has 1 aliphatic heterocycles. The Morgan fingerprint density at radius 2 is 1.90 bits per heavy atom. The zero-order valence-electron chi connectivity index (χ0n) is 15.3. The molecule has 0 bridgehead atoms. The Morgan fingerprint density at radius 3 is 2.55 bits per heavy atom. The van der Waals surface area contributed by atoms with Crippen molar-refractivity contribution in [3.05, 3.63) is 65.5 Å². The molecular weight excluding hydrogens is 383 g/mol. The van der Waals surface area contributed by atoms with Crippen LogP contribution in [0.3, 0.4) is 0 Å². The van der Waals surface area contributed by atoms with Gasteiger partial charge in [-0.3, -0.25) is 4.79 Å². The van der Waals surface area contributed by atoms with Crippen molar-refractivity contribution in [1.29, 1.82) is 0 Å². The maximum atomic E-state index is 13.1. The highest BCUT2D eigenvalue weighted by atomic mass is 19.1. The second-order valence-electron chi connectivity index (χ2n) is 6.35. The van der Waals surface area contributed by atoms with Crippen molar-refractivity contribution in [2.45, 2.75) is 18.4 Å². The van der Waals surface area contributed by atoms with Crippen LogP contribution in [0.2, 0.25) is 0 Å². The maximum Gasteiger partial charge on any atom is 0.339 e. The Hall–Kier alpha value is -3.75. The first-order chi connectivity index (χ1) is 13.8.